The second-order valence-corrected chi connectivity index (χ2v) is 5.23. The number of hydrogen-bond donors (Lipinski definition) is 2. The molecule has 19 heavy (non-hydrogen) atoms. The van der Waals surface area contributed by atoms with Crippen molar-refractivity contribution in [3.05, 3.63) is 18.0 Å². The van der Waals surface area contributed by atoms with Crippen molar-refractivity contribution >= 4 is 11.9 Å². The standard InChI is InChI=1S/C12H19N3O4/c1-12(2,3)19-11(18)9(13)4-5-15-7-8(6-14-15)10(16)17/h6-7,9H,4-5,13H2,1-3H3,(H,16,17). The molecule has 0 aliphatic heterocycles. The normalized spacial score (nSPS) is 13.1. The summed E-state index contributed by atoms with van der Waals surface area (Å²) in [7, 11) is 0. The lowest BCUT2D eigenvalue weighted by atomic mass is 10.1. The van der Waals surface area contributed by atoms with E-state index in [0.717, 1.165) is 0 Å². The summed E-state index contributed by atoms with van der Waals surface area (Å²) < 4.78 is 6.58. The quantitative estimate of drug-likeness (QED) is 0.759. The Hall–Kier alpha value is -1.89. The first-order valence-corrected chi connectivity index (χ1v) is 5.93. The SMILES string of the molecule is CC(C)(C)OC(=O)C(N)CCn1cc(C(=O)O)cn1. The number of carbonyl (C=O) groups is 2. The fraction of sp³-hybridized carbons (Fsp3) is 0.583. The van der Waals surface area contributed by atoms with Crippen LogP contribution in [-0.4, -0.2) is 38.5 Å². The number of ether oxygens (including phenoxy) is 1. The molecule has 1 aromatic heterocycles. The van der Waals surface area contributed by atoms with Gasteiger partial charge in [-0.2, -0.15) is 5.10 Å². The molecule has 0 amide bonds. The lowest BCUT2D eigenvalue weighted by molar-refractivity contribution is -0.156. The Bertz CT molecular complexity index is 462. The van der Waals surface area contributed by atoms with Gasteiger partial charge in [-0.15, -0.1) is 0 Å². The van der Waals surface area contributed by atoms with Crippen molar-refractivity contribution in [3.8, 4) is 0 Å². The van der Waals surface area contributed by atoms with Crippen LogP contribution in [0.2, 0.25) is 0 Å². The molecule has 106 valence electrons. The van der Waals surface area contributed by atoms with Gasteiger partial charge in [0.15, 0.2) is 0 Å². The fourth-order valence-corrected chi connectivity index (χ4v) is 1.36. The van der Waals surface area contributed by atoms with Crippen LogP contribution in [-0.2, 0) is 16.1 Å². The van der Waals surface area contributed by atoms with Gasteiger partial charge >= 0.3 is 11.9 Å². The van der Waals surface area contributed by atoms with Gasteiger partial charge in [0, 0.05) is 12.7 Å². The topological polar surface area (TPSA) is 107 Å². The minimum Gasteiger partial charge on any atom is -0.478 e. The van der Waals surface area contributed by atoms with Gasteiger partial charge in [-0.25, -0.2) is 4.79 Å². The molecule has 3 N–H and O–H groups in total. The van der Waals surface area contributed by atoms with Crippen LogP contribution in [0.4, 0.5) is 0 Å². The molecule has 7 nitrogen and oxygen atoms in total. The Morgan fingerprint density at radius 1 is 1.53 bits per heavy atom. The van der Waals surface area contributed by atoms with Gasteiger partial charge in [-0.3, -0.25) is 9.48 Å². The van der Waals surface area contributed by atoms with E-state index >= 15 is 0 Å². The molecule has 1 unspecified atom stereocenters. The molecule has 1 heterocycles. The number of aryl methyl sites for hydroxylation is 1. The smallest absolute Gasteiger partial charge is 0.338 e. The lowest BCUT2D eigenvalue weighted by Gasteiger charge is -2.22. The number of carboxylic acids is 1. The Balaban J connectivity index is 2.47. The molecule has 0 bridgehead atoms. The first-order chi connectivity index (χ1) is 8.69. The molecule has 7 heteroatoms. The molecule has 0 aliphatic carbocycles. The first kappa shape index (κ1) is 15.2. The number of rotatable bonds is 5. The van der Waals surface area contributed by atoms with Crippen molar-refractivity contribution in [2.24, 2.45) is 5.73 Å². The van der Waals surface area contributed by atoms with Crippen LogP contribution in [0.25, 0.3) is 0 Å². The number of carbonyl (C=O) groups excluding carboxylic acids is 1. The zero-order chi connectivity index (χ0) is 14.6. The highest BCUT2D eigenvalue weighted by molar-refractivity contribution is 5.86. The molecule has 0 saturated heterocycles. The van der Waals surface area contributed by atoms with Crippen molar-refractivity contribution in [1.82, 2.24) is 9.78 Å². The number of nitrogens with zero attached hydrogens (tertiary/aromatic N) is 2. The summed E-state index contributed by atoms with van der Waals surface area (Å²) in [6.45, 7) is 5.66. The second kappa shape index (κ2) is 5.83. The number of hydrogen-bond acceptors (Lipinski definition) is 5. The van der Waals surface area contributed by atoms with Gasteiger partial charge in [-0.1, -0.05) is 0 Å². The Kier molecular flexibility index (Phi) is 4.66. The fourth-order valence-electron chi connectivity index (χ4n) is 1.36. The third-order valence-corrected chi connectivity index (χ3v) is 2.26. The predicted octanol–water partition coefficient (Wildman–Crippen LogP) is 0.640. The van der Waals surface area contributed by atoms with E-state index in [1.54, 1.807) is 20.8 Å². The van der Waals surface area contributed by atoms with Gasteiger partial charge in [-0.05, 0) is 27.2 Å². The van der Waals surface area contributed by atoms with Crippen LogP contribution in [0.15, 0.2) is 12.4 Å². The van der Waals surface area contributed by atoms with Crippen molar-refractivity contribution in [2.75, 3.05) is 0 Å². The Morgan fingerprint density at radius 3 is 2.63 bits per heavy atom. The summed E-state index contributed by atoms with van der Waals surface area (Å²) in [5, 5.41) is 12.6. The largest absolute Gasteiger partial charge is 0.478 e. The summed E-state index contributed by atoms with van der Waals surface area (Å²) in [6.07, 6.45) is 2.97. The predicted molar refractivity (Wildman–Crippen MR) is 67.6 cm³/mol. The number of esters is 1. The van der Waals surface area contributed by atoms with Gasteiger partial charge in [0.05, 0.1) is 11.8 Å². The summed E-state index contributed by atoms with van der Waals surface area (Å²) >= 11 is 0. The molecule has 1 atom stereocenters. The highest BCUT2D eigenvalue weighted by Gasteiger charge is 2.22. The summed E-state index contributed by atoms with van der Waals surface area (Å²) in [4.78, 5) is 22.3. The van der Waals surface area contributed by atoms with Crippen LogP contribution in [0.5, 0.6) is 0 Å². The minimum atomic E-state index is -1.04. The summed E-state index contributed by atoms with van der Waals surface area (Å²) in [5.41, 5.74) is 5.24. The van der Waals surface area contributed by atoms with Gasteiger partial charge < -0.3 is 15.6 Å². The van der Waals surface area contributed by atoms with Crippen LogP contribution >= 0.6 is 0 Å². The van der Waals surface area contributed by atoms with E-state index in [0.29, 0.717) is 13.0 Å². The first-order valence-electron chi connectivity index (χ1n) is 5.93. The molecule has 0 spiro atoms. The zero-order valence-corrected chi connectivity index (χ0v) is 11.3. The molecular formula is C12H19N3O4. The third-order valence-electron chi connectivity index (χ3n) is 2.26. The second-order valence-electron chi connectivity index (χ2n) is 5.23. The van der Waals surface area contributed by atoms with E-state index in [4.69, 9.17) is 15.6 Å². The van der Waals surface area contributed by atoms with E-state index in [9.17, 15) is 9.59 Å². The third kappa shape index (κ3) is 5.09. The zero-order valence-electron chi connectivity index (χ0n) is 11.3. The minimum absolute atomic E-state index is 0.103. The molecule has 0 aromatic carbocycles. The number of carboxylic acid groups (broad SMARTS) is 1. The molecule has 0 fully saturated rings. The van der Waals surface area contributed by atoms with Crippen LogP contribution in [0, 0.1) is 0 Å². The van der Waals surface area contributed by atoms with E-state index in [2.05, 4.69) is 5.10 Å². The van der Waals surface area contributed by atoms with E-state index in [1.165, 1.54) is 17.1 Å². The number of aromatic carboxylic acids is 1. The van der Waals surface area contributed by atoms with Gasteiger partial charge in [0.1, 0.15) is 11.6 Å². The number of nitrogens with two attached hydrogens (primary N) is 1. The molecule has 0 radical (unpaired) electrons. The maximum atomic E-state index is 11.6. The van der Waals surface area contributed by atoms with Crippen LogP contribution in [0.1, 0.15) is 37.6 Å². The maximum absolute atomic E-state index is 11.6. The van der Waals surface area contributed by atoms with Crippen LogP contribution in [0.3, 0.4) is 0 Å². The van der Waals surface area contributed by atoms with Gasteiger partial charge in [0.2, 0.25) is 0 Å². The van der Waals surface area contributed by atoms with E-state index in [-0.39, 0.29) is 5.56 Å². The highest BCUT2D eigenvalue weighted by Crippen LogP contribution is 2.09. The molecule has 0 aliphatic rings. The van der Waals surface area contributed by atoms with E-state index < -0.39 is 23.6 Å². The van der Waals surface area contributed by atoms with E-state index in [1.807, 2.05) is 0 Å². The average molecular weight is 269 g/mol. The summed E-state index contributed by atoms with van der Waals surface area (Å²) in [6, 6.07) is -0.753. The van der Waals surface area contributed by atoms with Crippen molar-refractivity contribution < 1.29 is 19.4 Å². The monoisotopic (exact) mass is 269 g/mol. The molecule has 1 aromatic rings. The maximum Gasteiger partial charge on any atom is 0.338 e. The molecule has 1 rings (SSSR count). The lowest BCUT2D eigenvalue weighted by Crippen LogP contribution is -2.38. The molecule has 0 saturated carbocycles. The highest BCUT2D eigenvalue weighted by atomic mass is 16.6. The summed E-state index contributed by atoms with van der Waals surface area (Å²) in [5.74, 6) is -1.51. The van der Waals surface area contributed by atoms with Crippen molar-refractivity contribution in [1.29, 1.82) is 0 Å². The Labute approximate surface area is 111 Å². The van der Waals surface area contributed by atoms with Crippen molar-refractivity contribution in [2.45, 2.75) is 45.4 Å². The average Bonchev–Trinajstić information content (AvgIpc) is 2.72. The van der Waals surface area contributed by atoms with Gasteiger partial charge in [0.25, 0.3) is 0 Å². The number of aromatic nitrogens is 2. The van der Waals surface area contributed by atoms with Crippen LogP contribution < -0.4 is 5.73 Å². The Morgan fingerprint density at radius 2 is 2.16 bits per heavy atom. The molecular weight excluding hydrogens is 250 g/mol. The van der Waals surface area contributed by atoms with Crippen molar-refractivity contribution in [3.63, 3.8) is 0 Å².